The zero-order valence-corrected chi connectivity index (χ0v) is 12.9. The van der Waals surface area contributed by atoms with Crippen LogP contribution in [0.3, 0.4) is 0 Å². The Labute approximate surface area is 126 Å². The maximum atomic E-state index is 12.6. The Kier molecular flexibility index (Phi) is 5.99. The largest absolute Gasteiger partial charge is 0.382 e. The molecule has 1 saturated heterocycles. The highest BCUT2D eigenvalue weighted by Crippen LogP contribution is 2.33. The van der Waals surface area contributed by atoms with Gasteiger partial charge in [-0.1, -0.05) is 12.8 Å². The molecule has 1 spiro atoms. The number of carbonyl (C=O) groups excluding carboxylic acids is 2. The predicted molar refractivity (Wildman–Crippen MR) is 77.9 cm³/mol. The number of piperazine rings is 1. The number of carbonyl (C=O) groups is 2. The average molecular weight is 298 g/mol. The van der Waals surface area contributed by atoms with Gasteiger partial charge in [0, 0.05) is 20.3 Å². The standard InChI is InChI=1S/C15H26N2O4/c1-20-10-11-21-9-5-4-8-17-12-13(18)16-15(14(17)19)6-2-3-7-15/h2-12H2,1H3,(H,16,18). The minimum atomic E-state index is -0.593. The lowest BCUT2D eigenvalue weighted by atomic mass is 9.93. The van der Waals surface area contributed by atoms with Crippen molar-refractivity contribution in [3.63, 3.8) is 0 Å². The molecule has 0 aromatic rings. The molecule has 0 aromatic carbocycles. The first kappa shape index (κ1) is 16.2. The van der Waals surface area contributed by atoms with Gasteiger partial charge in [0.05, 0.1) is 19.8 Å². The van der Waals surface area contributed by atoms with Crippen LogP contribution in [-0.4, -0.2) is 62.3 Å². The van der Waals surface area contributed by atoms with Gasteiger partial charge in [-0.15, -0.1) is 0 Å². The number of nitrogens with one attached hydrogen (secondary N) is 1. The first-order chi connectivity index (χ1) is 10.2. The molecule has 2 amide bonds. The number of unbranched alkanes of at least 4 members (excludes halogenated alkanes) is 1. The van der Waals surface area contributed by atoms with Gasteiger partial charge in [0.25, 0.3) is 0 Å². The lowest BCUT2D eigenvalue weighted by Crippen LogP contribution is -2.65. The molecule has 0 bridgehead atoms. The van der Waals surface area contributed by atoms with Crippen LogP contribution in [0.25, 0.3) is 0 Å². The highest BCUT2D eigenvalue weighted by Gasteiger charge is 2.47. The summed E-state index contributed by atoms with van der Waals surface area (Å²) in [6.45, 7) is 2.72. The van der Waals surface area contributed by atoms with Crippen LogP contribution in [0, 0.1) is 0 Å². The second-order valence-electron chi connectivity index (χ2n) is 5.88. The summed E-state index contributed by atoms with van der Waals surface area (Å²) in [5.74, 6) is 0.0905. The number of hydrogen-bond acceptors (Lipinski definition) is 4. The second kappa shape index (κ2) is 7.75. The van der Waals surface area contributed by atoms with E-state index in [-0.39, 0.29) is 18.4 Å². The summed E-state index contributed by atoms with van der Waals surface area (Å²) >= 11 is 0. The Morgan fingerprint density at radius 3 is 2.62 bits per heavy atom. The van der Waals surface area contributed by atoms with Gasteiger partial charge in [0.2, 0.25) is 11.8 Å². The van der Waals surface area contributed by atoms with E-state index in [0.717, 1.165) is 38.5 Å². The number of hydrogen-bond donors (Lipinski definition) is 1. The molecule has 6 heteroatoms. The molecule has 1 N–H and O–H groups in total. The molecule has 1 heterocycles. The first-order valence-electron chi connectivity index (χ1n) is 7.85. The number of amides is 2. The number of rotatable bonds is 8. The minimum Gasteiger partial charge on any atom is -0.382 e. The van der Waals surface area contributed by atoms with Gasteiger partial charge < -0.3 is 19.7 Å². The van der Waals surface area contributed by atoms with Crippen LogP contribution in [0.4, 0.5) is 0 Å². The summed E-state index contributed by atoms with van der Waals surface area (Å²) in [5.41, 5.74) is -0.593. The molecule has 0 unspecified atom stereocenters. The fourth-order valence-electron chi connectivity index (χ4n) is 3.16. The summed E-state index contributed by atoms with van der Waals surface area (Å²) in [6.07, 6.45) is 5.37. The third-order valence-electron chi connectivity index (χ3n) is 4.27. The summed E-state index contributed by atoms with van der Waals surface area (Å²) in [4.78, 5) is 26.1. The second-order valence-corrected chi connectivity index (χ2v) is 5.88. The molecular weight excluding hydrogens is 272 g/mol. The smallest absolute Gasteiger partial charge is 0.248 e. The van der Waals surface area contributed by atoms with Gasteiger partial charge in [-0.2, -0.15) is 0 Å². The van der Waals surface area contributed by atoms with Crippen LogP contribution in [-0.2, 0) is 19.1 Å². The Morgan fingerprint density at radius 2 is 1.90 bits per heavy atom. The third-order valence-corrected chi connectivity index (χ3v) is 4.27. The number of nitrogens with zero attached hydrogens (tertiary/aromatic N) is 1. The quantitative estimate of drug-likeness (QED) is 0.670. The van der Waals surface area contributed by atoms with Gasteiger partial charge in [-0.25, -0.2) is 0 Å². The summed E-state index contributed by atoms with van der Waals surface area (Å²) in [6, 6.07) is 0. The van der Waals surface area contributed by atoms with Crippen molar-refractivity contribution >= 4 is 11.8 Å². The van der Waals surface area contributed by atoms with Crippen molar-refractivity contribution in [3.05, 3.63) is 0 Å². The highest BCUT2D eigenvalue weighted by atomic mass is 16.5. The van der Waals surface area contributed by atoms with E-state index in [1.54, 1.807) is 12.0 Å². The average Bonchev–Trinajstić information content (AvgIpc) is 2.92. The van der Waals surface area contributed by atoms with E-state index in [0.29, 0.717) is 26.4 Å². The van der Waals surface area contributed by atoms with Crippen molar-refractivity contribution < 1.29 is 19.1 Å². The highest BCUT2D eigenvalue weighted by molar-refractivity contribution is 5.98. The Bertz CT molecular complexity index is 367. The van der Waals surface area contributed by atoms with E-state index in [9.17, 15) is 9.59 Å². The van der Waals surface area contributed by atoms with Crippen LogP contribution in [0.2, 0.25) is 0 Å². The topological polar surface area (TPSA) is 67.9 Å². The van der Waals surface area contributed by atoms with Gasteiger partial charge >= 0.3 is 0 Å². The fraction of sp³-hybridized carbons (Fsp3) is 0.867. The predicted octanol–water partition coefficient (Wildman–Crippen LogP) is 0.701. The summed E-state index contributed by atoms with van der Waals surface area (Å²) in [5, 5.41) is 2.93. The molecule has 6 nitrogen and oxygen atoms in total. The zero-order chi connectivity index (χ0) is 15.1. The van der Waals surface area contributed by atoms with Crippen molar-refractivity contribution in [2.24, 2.45) is 0 Å². The van der Waals surface area contributed by atoms with Crippen LogP contribution in [0.15, 0.2) is 0 Å². The Morgan fingerprint density at radius 1 is 1.14 bits per heavy atom. The fourth-order valence-corrected chi connectivity index (χ4v) is 3.16. The molecule has 120 valence electrons. The van der Waals surface area contributed by atoms with Crippen LogP contribution in [0.5, 0.6) is 0 Å². The Balaban J connectivity index is 1.72. The van der Waals surface area contributed by atoms with Crippen LogP contribution >= 0.6 is 0 Å². The molecule has 2 fully saturated rings. The first-order valence-corrected chi connectivity index (χ1v) is 7.85. The van der Waals surface area contributed by atoms with Gasteiger partial charge in [-0.05, 0) is 25.7 Å². The molecule has 2 aliphatic rings. The van der Waals surface area contributed by atoms with Gasteiger partial charge in [0.15, 0.2) is 0 Å². The molecule has 1 aliphatic carbocycles. The van der Waals surface area contributed by atoms with E-state index in [1.165, 1.54) is 0 Å². The molecule has 1 aliphatic heterocycles. The summed E-state index contributed by atoms with van der Waals surface area (Å²) < 4.78 is 10.3. The van der Waals surface area contributed by atoms with E-state index in [2.05, 4.69) is 5.32 Å². The normalized spacial score (nSPS) is 21.1. The van der Waals surface area contributed by atoms with Crippen molar-refractivity contribution in [1.82, 2.24) is 10.2 Å². The van der Waals surface area contributed by atoms with E-state index in [1.807, 2.05) is 0 Å². The number of ether oxygens (including phenoxy) is 2. The van der Waals surface area contributed by atoms with Crippen LogP contribution in [0.1, 0.15) is 38.5 Å². The lowest BCUT2D eigenvalue weighted by Gasteiger charge is -2.39. The Hall–Kier alpha value is -1.14. The molecule has 21 heavy (non-hydrogen) atoms. The molecule has 0 radical (unpaired) electrons. The maximum Gasteiger partial charge on any atom is 0.248 e. The third kappa shape index (κ3) is 4.17. The zero-order valence-electron chi connectivity index (χ0n) is 12.9. The molecule has 1 saturated carbocycles. The van der Waals surface area contributed by atoms with Crippen molar-refractivity contribution in [2.75, 3.05) is 40.0 Å². The van der Waals surface area contributed by atoms with E-state index < -0.39 is 5.54 Å². The minimum absolute atomic E-state index is 0.0205. The SMILES string of the molecule is COCCOCCCCN1CC(=O)NC2(CCCC2)C1=O. The van der Waals surface area contributed by atoms with Crippen molar-refractivity contribution in [2.45, 2.75) is 44.1 Å². The maximum absolute atomic E-state index is 12.6. The number of methoxy groups -OCH3 is 1. The van der Waals surface area contributed by atoms with Crippen molar-refractivity contribution in [1.29, 1.82) is 0 Å². The monoisotopic (exact) mass is 298 g/mol. The van der Waals surface area contributed by atoms with Crippen molar-refractivity contribution in [3.8, 4) is 0 Å². The molecular formula is C15H26N2O4. The molecule has 0 atom stereocenters. The summed E-state index contributed by atoms with van der Waals surface area (Å²) in [7, 11) is 1.65. The molecule has 0 aromatic heterocycles. The van der Waals surface area contributed by atoms with E-state index >= 15 is 0 Å². The van der Waals surface area contributed by atoms with Gasteiger partial charge in [-0.3, -0.25) is 9.59 Å². The van der Waals surface area contributed by atoms with Crippen LogP contribution < -0.4 is 5.32 Å². The van der Waals surface area contributed by atoms with E-state index in [4.69, 9.17) is 9.47 Å². The molecule has 2 rings (SSSR count). The lowest BCUT2D eigenvalue weighted by molar-refractivity contribution is -0.149. The van der Waals surface area contributed by atoms with Gasteiger partial charge in [0.1, 0.15) is 5.54 Å².